The fraction of sp³-hybridized carbons (Fsp3) is 0.167. The van der Waals surface area contributed by atoms with Crippen molar-refractivity contribution in [3.8, 4) is 11.8 Å². The van der Waals surface area contributed by atoms with Crippen LogP contribution in [-0.4, -0.2) is 5.11 Å². The SMILES string of the molecule is Cc1ccc(C(C#Cc2ccccc2)[C@](C)(O)c2ccccc2)cc1. The second-order valence-corrected chi connectivity index (χ2v) is 6.49. The largest absolute Gasteiger partial charge is 0.384 e. The van der Waals surface area contributed by atoms with Crippen LogP contribution in [0.3, 0.4) is 0 Å². The lowest BCUT2D eigenvalue weighted by Crippen LogP contribution is -2.29. The molecule has 0 heterocycles. The van der Waals surface area contributed by atoms with E-state index in [-0.39, 0.29) is 5.92 Å². The van der Waals surface area contributed by atoms with E-state index in [1.54, 1.807) is 0 Å². The molecule has 0 bridgehead atoms. The maximum atomic E-state index is 11.3. The third-order valence-electron chi connectivity index (χ3n) is 4.47. The minimum absolute atomic E-state index is 0.323. The van der Waals surface area contributed by atoms with Gasteiger partial charge in [-0.2, -0.15) is 0 Å². The van der Waals surface area contributed by atoms with Gasteiger partial charge in [0.1, 0.15) is 5.60 Å². The Kier molecular flexibility index (Phi) is 5.03. The summed E-state index contributed by atoms with van der Waals surface area (Å²) in [5, 5.41) is 11.3. The first kappa shape index (κ1) is 17.0. The Bertz CT molecular complexity index is 866. The van der Waals surface area contributed by atoms with Crippen LogP contribution in [0.2, 0.25) is 0 Å². The van der Waals surface area contributed by atoms with Gasteiger partial charge >= 0.3 is 0 Å². The molecule has 0 spiro atoms. The first-order chi connectivity index (χ1) is 12.1. The number of hydrogen-bond acceptors (Lipinski definition) is 1. The van der Waals surface area contributed by atoms with Crippen LogP contribution in [0.4, 0.5) is 0 Å². The predicted octanol–water partition coefficient (Wildman–Crippen LogP) is 5.04. The highest BCUT2D eigenvalue weighted by Crippen LogP contribution is 2.36. The summed E-state index contributed by atoms with van der Waals surface area (Å²) >= 11 is 0. The number of aryl methyl sites for hydroxylation is 1. The van der Waals surface area contributed by atoms with E-state index in [1.807, 2.05) is 67.6 Å². The third-order valence-corrected chi connectivity index (χ3v) is 4.47. The van der Waals surface area contributed by atoms with Crippen LogP contribution in [0.5, 0.6) is 0 Å². The Morgan fingerprint density at radius 2 is 1.36 bits per heavy atom. The summed E-state index contributed by atoms with van der Waals surface area (Å²) < 4.78 is 0. The van der Waals surface area contributed by atoms with Crippen molar-refractivity contribution in [2.45, 2.75) is 25.4 Å². The van der Waals surface area contributed by atoms with Gasteiger partial charge in [0.05, 0.1) is 5.92 Å². The number of rotatable bonds is 3. The zero-order chi connectivity index (χ0) is 17.7. The van der Waals surface area contributed by atoms with E-state index in [9.17, 15) is 5.11 Å². The molecule has 0 radical (unpaired) electrons. The van der Waals surface area contributed by atoms with Gasteiger partial charge in [0, 0.05) is 5.56 Å². The average Bonchev–Trinajstić information content (AvgIpc) is 2.65. The fourth-order valence-electron chi connectivity index (χ4n) is 2.93. The van der Waals surface area contributed by atoms with Crippen molar-refractivity contribution in [1.82, 2.24) is 0 Å². The minimum Gasteiger partial charge on any atom is -0.384 e. The highest BCUT2D eigenvalue weighted by molar-refractivity contribution is 5.42. The summed E-state index contributed by atoms with van der Waals surface area (Å²) in [4.78, 5) is 0. The Morgan fingerprint density at radius 3 is 1.96 bits per heavy atom. The monoisotopic (exact) mass is 326 g/mol. The molecule has 1 N–H and O–H groups in total. The molecule has 124 valence electrons. The summed E-state index contributed by atoms with van der Waals surface area (Å²) in [6.45, 7) is 3.90. The molecule has 0 saturated heterocycles. The highest BCUT2D eigenvalue weighted by Gasteiger charge is 2.33. The Morgan fingerprint density at radius 1 is 0.800 bits per heavy atom. The van der Waals surface area contributed by atoms with Crippen LogP contribution in [0.1, 0.15) is 35.1 Å². The number of hydrogen-bond donors (Lipinski definition) is 1. The molecule has 0 amide bonds. The van der Waals surface area contributed by atoms with Gasteiger partial charge in [0.15, 0.2) is 0 Å². The maximum absolute atomic E-state index is 11.3. The van der Waals surface area contributed by atoms with Gasteiger partial charge in [-0.15, -0.1) is 0 Å². The normalized spacial score (nSPS) is 14.0. The van der Waals surface area contributed by atoms with E-state index < -0.39 is 5.60 Å². The first-order valence-electron chi connectivity index (χ1n) is 8.48. The quantitative estimate of drug-likeness (QED) is 0.669. The van der Waals surface area contributed by atoms with E-state index in [0.29, 0.717) is 0 Å². The molecule has 2 atom stereocenters. The molecule has 0 aromatic heterocycles. The van der Waals surface area contributed by atoms with E-state index in [0.717, 1.165) is 16.7 Å². The van der Waals surface area contributed by atoms with Crippen molar-refractivity contribution in [3.05, 3.63) is 107 Å². The second kappa shape index (κ2) is 7.38. The summed E-state index contributed by atoms with van der Waals surface area (Å²) in [6, 6.07) is 27.9. The molecule has 3 rings (SSSR count). The van der Waals surface area contributed by atoms with Gasteiger partial charge in [-0.05, 0) is 37.1 Å². The summed E-state index contributed by atoms with van der Waals surface area (Å²) in [6.07, 6.45) is 0. The maximum Gasteiger partial charge on any atom is 0.105 e. The molecule has 1 nitrogen and oxygen atoms in total. The Hall–Kier alpha value is -2.82. The van der Waals surface area contributed by atoms with Crippen molar-refractivity contribution in [2.75, 3.05) is 0 Å². The zero-order valence-electron chi connectivity index (χ0n) is 14.6. The molecule has 0 aliphatic carbocycles. The standard InChI is InChI=1S/C24H22O/c1-19-13-16-21(17-14-19)23(18-15-20-9-5-3-6-10-20)24(2,25)22-11-7-4-8-12-22/h3-14,16-17,23,25H,1-2H3/t23?,24-/m1/s1. The third kappa shape index (κ3) is 3.99. The first-order valence-corrected chi connectivity index (χ1v) is 8.48. The smallest absolute Gasteiger partial charge is 0.105 e. The molecule has 1 unspecified atom stereocenters. The van der Waals surface area contributed by atoms with Crippen molar-refractivity contribution in [2.24, 2.45) is 0 Å². The van der Waals surface area contributed by atoms with Crippen LogP contribution in [0.25, 0.3) is 0 Å². The molecule has 0 aliphatic rings. The lowest BCUT2D eigenvalue weighted by molar-refractivity contribution is 0.0445. The highest BCUT2D eigenvalue weighted by atomic mass is 16.3. The van der Waals surface area contributed by atoms with Crippen molar-refractivity contribution in [3.63, 3.8) is 0 Å². The molecule has 0 saturated carbocycles. The molecule has 3 aromatic rings. The van der Waals surface area contributed by atoms with E-state index >= 15 is 0 Å². The fourth-order valence-corrected chi connectivity index (χ4v) is 2.93. The topological polar surface area (TPSA) is 20.2 Å². The van der Waals surface area contributed by atoms with Crippen LogP contribution < -0.4 is 0 Å². The van der Waals surface area contributed by atoms with Crippen molar-refractivity contribution in [1.29, 1.82) is 0 Å². The van der Waals surface area contributed by atoms with Gasteiger partial charge in [0.2, 0.25) is 0 Å². The van der Waals surface area contributed by atoms with Gasteiger partial charge in [0.25, 0.3) is 0 Å². The van der Waals surface area contributed by atoms with Gasteiger partial charge < -0.3 is 5.11 Å². The average molecular weight is 326 g/mol. The molecular weight excluding hydrogens is 304 g/mol. The Balaban J connectivity index is 2.06. The van der Waals surface area contributed by atoms with Gasteiger partial charge in [-0.3, -0.25) is 0 Å². The zero-order valence-corrected chi connectivity index (χ0v) is 14.6. The molecule has 25 heavy (non-hydrogen) atoms. The van der Waals surface area contributed by atoms with E-state index in [2.05, 4.69) is 43.0 Å². The summed E-state index contributed by atoms with van der Waals surface area (Å²) in [5.41, 5.74) is 2.94. The van der Waals surface area contributed by atoms with Crippen LogP contribution >= 0.6 is 0 Å². The van der Waals surface area contributed by atoms with E-state index in [1.165, 1.54) is 5.56 Å². The molecule has 3 aromatic carbocycles. The van der Waals surface area contributed by atoms with Crippen molar-refractivity contribution < 1.29 is 5.11 Å². The summed E-state index contributed by atoms with van der Waals surface area (Å²) in [5.74, 6) is 6.21. The number of aliphatic hydroxyl groups is 1. The van der Waals surface area contributed by atoms with Crippen LogP contribution in [0, 0.1) is 18.8 Å². The minimum atomic E-state index is -1.09. The molecular formula is C24H22O. The van der Waals surface area contributed by atoms with Crippen LogP contribution in [-0.2, 0) is 5.60 Å². The predicted molar refractivity (Wildman–Crippen MR) is 103 cm³/mol. The molecule has 0 fully saturated rings. The molecule has 0 aliphatic heterocycles. The number of benzene rings is 3. The summed E-state index contributed by atoms with van der Waals surface area (Å²) in [7, 11) is 0. The van der Waals surface area contributed by atoms with Crippen LogP contribution in [0.15, 0.2) is 84.9 Å². The van der Waals surface area contributed by atoms with Gasteiger partial charge in [-0.1, -0.05) is 90.2 Å². The second-order valence-electron chi connectivity index (χ2n) is 6.49. The molecule has 1 heteroatoms. The van der Waals surface area contributed by atoms with Crippen molar-refractivity contribution >= 4 is 0 Å². The Labute approximate surface area is 150 Å². The van der Waals surface area contributed by atoms with Gasteiger partial charge in [-0.25, -0.2) is 0 Å². The lowest BCUT2D eigenvalue weighted by Gasteiger charge is -2.30. The van der Waals surface area contributed by atoms with E-state index in [4.69, 9.17) is 0 Å². The lowest BCUT2D eigenvalue weighted by atomic mass is 9.78.